The number of amides is 1. The Morgan fingerprint density at radius 3 is 2.88 bits per heavy atom. The van der Waals surface area contributed by atoms with Crippen LogP contribution in [0, 0.1) is 17.0 Å². The lowest BCUT2D eigenvalue weighted by atomic mass is 10.2. The molecule has 11 heteroatoms. The van der Waals surface area contributed by atoms with Gasteiger partial charge in [-0.25, -0.2) is 0 Å². The maximum absolute atomic E-state index is 12.0. The molecule has 11 nitrogen and oxygen atoms in total. The molecule has 1 amide bonds. The zero-order chi connectivity index (χ0) is 17.1. The molecule has 3 rings (SSSR count). The standard InChI is InChI=1S/C13H12N8O3/c1-9-15-17-18-20(9)11-4-2-3-10(7-11)14-13(22)8-19-6-5-12(16-19)21(23)24/h2-7H,8H2,1H3,(H,14,22). The molecule has 0 aliphatic rings. The molecule has 24 heavy (non-hydrogen) atoms. The van der Waals surface area contributed by atoms with Gasteiger partial charge in [0.05, 0.1) is 23.0 Å². The first-order chi connectivity index (χ1) is 11.5. The van der Waals surface area contributed by atoms with E-state index in [0.717, 1.165) is 0 Å². The lowest BCUT2D eigenvalue weighted by Crippen LogP contribution is -2.19. The largest absolute Gasteiger partial charge is 0.389 e. The second-order valence-electron chi connectivity index (χ2n) is 4.87. The monoisotopic (exact) mass is 328 g/mol. The van der Waals surface area contributed by atoms with Crippen LogP contribution < -0.4 is 5.32 Å². The van der Waals surface area contributed by atoms with Gasteiger partial charge in [-0.05, 0) is 40.5 Å². The number of hydrogen-bond acceptors (Lipinski definition) is 7. The molecule has 1 aromatic carbocycles. The summed E-state index contributed by atoms with van der Waals surface area (Å²) in [6, 6.07) is 8.22. The molecule has 3 aromatic rings. The van der Waals surface area contributed by atoms with E-state index in [4.69, 9.17) is 0 Å². The number of hydrogen-bond donors (Lipinski definition) is 1. The molecule has 0 fully saturated rings. The van der Waals surface area contributed by atoms with Crippen molar-refractivity contribution in [2.75, 3.05) is 5.32 Å². The molecule has 2 heterocycles. The summed E-state index contributed by atoms with van der Waals surface area (Å²) in [4.78, 5) is 22.0. The van der Waals surface area contributed by atoms with Gasteiger partial charge in [0.1, 0.15) is 6.54 Å². The number of benzene rings is 1. The van der Waals surface area contributed by atoms with Gasteiger partial charge >= 0.3 is 5.82 Å². The van der Waals surface area contributed by atoms with E-state index in [9.17, 15) is 14.9 Å². The number of nitrogens with zero attached hydrogens (tertiary/aromatic N) is 7. The number of carbonyl (C=O) groups is 1. The lowest BCUT2D eigenvalue weighted by molar-refractivity contribution is -0.389. The Morgan fingerprint density at radius 2 is 2.21 bits per heavy atom. The van der Waals surface area contributed by atoms with Crippen molar-refractivity contribution >= 4 is 17.4 Å². The summed E-state index contributed by atoms with van der Waals surface area (Å²) >= 11 is 0. The van der Waals surface area contributed by atoms with Crippen LogP contribution in [0.4, 0.5) is 11.5 Å². The van der Waals surface area contributed by atoms with E-state index in [2.05, 4.69) is 25.9 Å². The number of carbonyl (C=O) groups excluding carboxylic acids is 1. The van der Waals surface area contributed by atoms with E-state index in [1.54, 1.807) is 31.2 Å². The Hall–Kier alpha value is -3.63. The summed E-state index contributed by atoms with van der Waals surface area (Å²) in [6.45, 7) is 1.62. The molecular weight excluding hydrogens is 316 g/mol. The molecule has 0 aliphatic carbocycles. The van der Waals surface area contributed by atoms with Crippen LogP contribution in [0.1, 0.15) is 5.82 Å². The highest BCUT2D eigenvalue weighted by Gasteiger charge is 2.13. The van der Waals surface area contributed by atoms with Crippen LogP contribution in [0.15, 0.2) is 36.5 Å². The van der Waals surface area contributed by atoms with Gasteiger partial charge in [-0.1, -0.05) is 6.07 Å². The second kappa shape index (κ2) is 6.24. The Kier molecular flexibility index (Phi) is 3.97. The van der Waals surface area contributed by atoms with Crippen LogP contribution in [-0.2, 0) is 11.3 Å². The molecule has 0 unspecified atom stereocenters. The Balaban J connectivity index is 1.70. The minimum atomic E-state index is -0.619. The normalized spacial score (nSPS) is 10.5. The van der Waals surface area contributed by atoms with E-state index < -0.39 is 4.92 Å². The van der Waals surface area contributed by atoms with Crippen molar-refractivity contribution in [2.45, 2.75) is 13.5 Å². The van der Waals surface area contributed by atoms with E-state index in [0.29, 0.717) is 17.2 Å². The average Bonchev–Trinajstić information content (AvgIpc) is 3.16. The fourth-order valence-electron chi connectivity index (χ4n) is 2.07. The predicted octanol–water partition coefficient (Wildman–Crippen LogP) is 0.714. The van der Waals surface area contributed by atoms with Crippen LogP contribution in [-0.4, -0.2) is 40.8 Å². The molecule has 0 saturated carbocycles. The summed E-state index contributed by atoms with van der Waals surface area (Å²) < 4.78 is 2.73. The highest BCUT2D eigenvalue weighted by molar-refractivity contribution is 5.90. The van der Waals surface area contributed by atoms with Gasteiger partial charge in [0.2, 0.25) is 5.91 Å². The highest BCUT2D eigenvalue weighted by Crippen LogP contribution is 2.15. The summed E-state index contributed by atoms with van der Waals surface area (Å²) in [7, 11) is 0. The summed E-state index contributed by atoms with van der Waals surface area (Å²) in [5, 5.41) is 28.2. The van der Waals surface area contributed by atoms with Gasteiger partial charge in [-0.3, -0.25) is 4.79 Å². The van der Waals surface area contributed by atoms with Gasteiger partial charge in [-0.2, -0.15) is 9.36 Å². The van der Waals surface area contributed by atoms with Crippen molar-refractivity contribution in [3.05, 3.63) is 52.5 Å². The van der Waals surface area contributed by atoms with Crippen LogP contribution in [0.2, 0.25) is 0 Å². The molecular formula is C13H12N8O3. The number of nitro groups is 1. The zero-order valence-electron chi connectivity index (χ0n) is 12.5. The molecule has 0 aliphatic heterocycles. The predicted molar refractivity (Wildman–Crippen MR) is 81.4 cm³/mol. The third-order valence-electron chi connectivity index (χ3n) is 3.12. The fourth-order valence-corrected chi connectivity index (χ4v) is 2.07. The topological polar surface area (TPSA) is 134 Å². The summed E-state index contributed by atoms with van der Waals surface area (Å²) in [5.41, 5.74) is 1.25. The van der Waals surface area contributed by atoms with E-state index >= 15 is 0 Å². The fraction of sp³-hybridized carbons (Fsp3) is 0.154. The Bertz CT molecular complexity index is 900. The summed E-state index contributed by atoms with van der Waals surface area (Å²) in [6.07, 6.45) is 1.37. The quantitative estimate of drug-likeness (QED) is 0.538. The van der Waals surface area contributed by atoms with Crippen molar-refractivity contribution in [2.24, 2.45) is 0 Å². The number of aryl methyl sites for hydroxylation is 1. The van der Waals surface area contributed by atoms with Gasteiger partial charge in [0.25, 0.3) is 0 Å². The third kappa shape index (κ3) is 3.24. The molecule has 0 atom stereocenters. The van der Waals surface area contributed by atoms with Crippen LogP contribution in [0.5, 0.6) is 0 Å². The third-order valence-corrected chi connectivity index (χ3v) is 3.12. The van der Waals surface area contributed by atoms with Crippen LogP contribution in [0.25, 0.3) is 5.69 Å². The van der Waals surface area contributed by atoms with Crippen molar-refractivity contribution in [3.8, 4) is 5.69 Å². The van der Waals surface area contributed by atoms with Crippen molar-refractivity contribution < 1.29 is 9.72 Å². The van der Waals surface area contributed by atoms with Gasteiger partial charge in [0.15, 0.2) is 5.82 Å². The van der Waals surface area contributed by atoms with Crippen molar-refractivity contribution in [1.29, 1.82) is 0 Å². The molecule has 0 radical (unpaired) electrons. The zero-order valence-corrected chi connectivity index (χ0v) is 12.5. The van der Waals surface area contributed by atoms with E-state index in [-0.39, 0.29) is 18.3 Å². The van der Waals surface area contributed by atoms with Crippen LogP contribution >= 0.6 is 0 Å². The van der Waals surface area contributed by atoms with Gasteiger partial charge in [-0.15, -0.1) is 5.10 Å². The SMILES string of the molecule is Cc1nnnn1-c1cccc(NC(=O)Cn2ccc([N+](=O)[O-])n2)c1. The second-order valence-corrected chi connectivity index (χ2v) is 4.87. The lowest BCUT2D eigenvalue weighted by Gasteiger charge is -2.07. The van der Waals surface area contributed by atoms with Crippen molar-refractivity contribution in [1.82, 2.24) is 30.0 Å². The number of anilines is 1. The number of aromatic nitrogens is 6. The Labute approximate surface area is 135 Å². The molecule has 0 spiro atoms. The molecule has 0 bridgehead atoms. The van der Waals surface area contributed by atoms with Crippen LogP contribution in [0.3, 0.4) is 0 Å². The Morgan fingerprint density at radius 1 is 1.38 bits per heavy atom. The minimum Gasteiger partial charge on any atom is -0.358 e. The first-order valence-corrected chi connectivity index (χ1v) is 6.86. The molecule has 0 saturated heterocycles. The molecule has 1 N–H and O–H groups in total. The van der Waals surface area contributed by atoms with Crippen molar-refractivity contribution in [3.63, 3.8) is 0 Å². The molecule has 122 valence electrons. The maximum atomic E-state index is 12.0. The number of nitrogens with one attached hydrogen (secondary N) is 1. The highest BCUT2D eigenvalue weighted by atomic mass is 16.6. The van der Waals surface area contributed by atoms with Gasteiger partial charge < -0.3 is 15.4 Å². The first kappa shape index (κ1) is 15.3. The minimum absolute atomic E-state index is 0.137. The van der Waals surface area contributed by atoms with Gasteiger partial charge in [0, 0.05) is 5.69 Å². The smallest absolute Gasteiger partial charge is 0.358 e. The van der Waals surface area contributed by atoms with E-state index in [1.807, 2.05) is 0 Å². The maximum Gasteiger partial charge on any atom is 0.389 e. The summed E-state index contributed by atoms with van der Waals surface area (Å²) in [5.74, 6) is -0.0557. The average molecular weight is 328 g/mol. The number of tetrazole rings is 1. The number of rotatable bonds is 5. The molecule has 2 aromatic heterocycles. The van der Waals surface area contributed by atoms with E-state index in [1.165, 1.54) is 21.6 Å². The first-order valence-electron chi connectivity index (χ1n) is 6.86.